The molecule has 0 saturated heterocycles. The number of halogens is 1. The van der Waals surface area contributed by atoms with Crippen LogP contribution in [0.15, 0.2) is 18.2 Å². The summed E-state index contributed by atoms with van der Waals surface area (Å²) in [7, 11) is 0. The van der Waals surface area contributed by atoms with Gasteiger partial charge in [0.15, 0.2) is 5.15 Å². The van der Waals surface area contributed by atoms with Crippen molar-refractivity contribution in [1.82, 2.24) is 9.69 Å². The zero-order chi connectivity index (χ0) is 16.3. The number of nitrogens with one attached hydrogen (secondary N) is 1. The van der Waals surface area contributed by atoms with Crippen LogP contribution in [-0.2, 0) is 4.74 Å². The Morgan fingerprint density at radius 2 is 2.32 bits per heavy atom. The topological polar surface area (TPSA) is 75.0 Å². The number of rotatable bonds is 2. The zero-order valence-corrected chi connectivity index (χ0v) is 14.1. The maximum atomic E-state index is 11.7. The van der Waals surface area contributed by atoms with E-state index in [0.717, 1.165) is 10.5 Å². The Kier molecular flexibility index (Phi) is 4.89. The van der Waals surface area contributed by atoms with Gasteiger partial charge in [0.1, 0.15) is 17.2 Å². The van der Waals surface area contributed by atoms with Crippen molar-refractivity contribution in [3.8, 4) is 6.07 Å². The van der Waals surface area contributed by atoms with Crippen molar-refractivity contribution in [1.29, 1.82) is 5.26 Å². The second kappa shape index (κ2) is 6.51. The molecule has 116 valence electrons. The summed E-state index contributed by atoms with van der Waals surface area (Å²) >= 11 is 7.07. The first-order valence-corrected chi connectivity index (χ1v) is 7.89. The quantitative estimate of drug-likeness (QED) is 0.887. The number of alkyl carbamates (subject to hydrolysis) is 1. The number of amides is 1. The van der Waals surface area contributed by atoms with Crippen molar-refractivity contribution in [3.63, 3.8) is 0 Å². The van der Waals surface area contributed by atoms with E-state index in [4.69, 9.17) is 21.6 Å². The summed E-state index contributed by atoms with van der Waals surface area (Å²) in [6, 6.07) is 1.93. The molecule has 1 unspecified atom stereocenters. The molecule has 2 rings (SSSR count). The number of nitriles is 1. The van der Waals surface area contributed by atoms with Gasteiger partial charge < -0.3 is 10.1 Å². The Labute approximate surface area is 138 Å². The van der Waals surface area contributed by atoms with E-state index in [9.17, 15) is 4.79 Å². The molecule has 1 amide bonds. The lowest BCUT2D eigenvalue weighted by Gasteiger charge is -2.23. The van der Waals surface area contributed by atoms with Gasteiger partial charge in [-0.2, -0.15) is 9.64 Å². The molecule has 1 heterocycles. The second-order valence-electron chi connectivity index (χ2n) is 5.80. The first-order chi connectivity index (χ1) is 10.3. The molecule has 1 aromatic heterocycles. The molecule has 1 aliphatic rings. The Morgan fingerprint density at radius 3 is 2.86 bits per heavy atom. The van der Waals surface area contributed by atoms with Gasteiger partial charge in [0.2, 0.25) is 0 Å². The van der Waals surface area contributed by atoms with Crippen LogP contribution in [0.4, 0.5) is 4.79 Å². The molecule has 0 radical (unpaired) electrons. The molecule has 0 bridgehead atoms. The van der Waals surface area contributed by atoms with Gasteiger partial charge in [-0.15, -0.1) is 0 Å². The highest BCUT2D eigenvalue weighted by Crippen LogP contribution is 2.31. The molecule has 5 nitrogen and oxygen atoms in total. The third kappa shape index (κ3) is 4.09. The van der Waals surface area contributed by atoms with Gasteiger partial charge in [0.25, 0.3) is 0 Å². The van der Waals surface area contributed by atoms with Gasteiger partial charge in [0, 0.05) is 0 Å². The fourth-order valence-electron chi connectivity index (χ4n) is 1.92. The number of hydrogen-bond acceptors (Lipinski definition) is 5. The normalized spacial score (nSPS) is 17.6. The molecule has 0 fully saturated rings. The van der Waals surface area contributed by atoms with Crippen LogP contribution in [0.1, 0.15) is 37.6 Å². The van der Waals surface area contributed by atoms with Crippen molar-refractivity contribution in [2.75, 3.05) is 0 Å². The number of carbonyl (C=O) groups is 1. The van der Waals surface area contributed by atoms with Crippen molar-refractivity contribution in [2.24, 2.45) is 0 Å². The van der Waals surface area contributed by atoms with Gasteiger partial charge in [-0.1, -0.05) is 29.8 Å². The Bertz CT molecular complexity index is 680. The van der Waals surface area contributed by atoms with Crippen LogP contribution >= 0.6 is 23.1 Å². The molecular weight excluding hydrogens is 322 g/mol. The van der Waals surface area contributed by atoms with Gasteiger partial charge in [-0.05, 0) is 44.3 Å². The maximum Gasteiger partial charge on any atom is 0.408 e. The first-order valence-electron chi connectivity index (χ1n) is 6.73. The fraction of sp³-hybridized carbons (Fsp3) is 0.400. The number of allylic oxidation sites excluding steroid dienone is 2. The minimum atomic E-state index is -0.523. The van der Waals surface area contributed by atoms with E-state index in [0.29, 0.717) is 12.0 Å². The summed E-state index contributed by atoms with van der Waals surface area (Å²) in [6.07, 6.45) is 5.85. The van der Waals surface area contributed by atoms with Gasteiger partial charge in [-0.25, -0.2) is 4.79 Å². The maximum absolute atomic E-state index is 11.7. The van der Waals surface area contributed by atoms with Crippen LogP contribution in [0.25, 0.3) is 5.57 Å². The molecule has 0 saturated carbocycles. The molecule has 1 aliphatic carbocycles. The molecular formula is C15H16ClN3O2S. The van der Waals surface area contributed by atoms with E-state index in [1.54, 1.807) is 0 Å². The highest BCUT2D eigenvalue weighted by molar-refractivity contribution is 7.07. The summed E-state index contributed by atoms with van der Waals surface area (Å²) in [4.78, 5) is 12.5. The summed E-state index contributed by atoms with van der Waals surface area (Å²) in [5.74, 6) is 0. The van der Waals surface area contributed by atoms with Crippen molar-refractivity contribution in [2.45, 2.75) is 38.8 Å². The highest BCUT2D eigenvalue weighted by atomic mass is 35.5. The van der Waals surface area contributed by atoms with E-state index < -0.39 is 11.7 Å². The van der Waals surface area contributed by atoms with Crippen LogP contribution in [0.5, 0.6) is 0 Å². The number of aromatic nitrogens is 1. The number of carbonyl (C=O) groups excluding carboxylic acids is 1. The zero-order valence-electron chi connectivity index (χ0n) is 12.5. The Morgan fingerprint density at radius 1 is 1.59 bits per heavy atom. The lowest BCUT2D eigenvalue weighted by Crippen LogP contribution is -2.38. The lowest BCUT2D eigenvalue weighted by molar-refractivity contribution is 0.0515. The summed E-state index contributed by atoms with van der Waals surface area (Å²) in [6.45, 7) is 5.45. The SMILES string of the molecule is CC(C)(C)OC(=O)NC1C=CC(c2snc(Cl)c2C#N)=CC1. The average Bonchev–Trinajstić information content (AvgIpc) is 2.78. The van der Waals surface area contributed by atoms with Crippen LogP contribution in [0.2, 0.25) is 5.15 Å². The predicted octanol–water partition coefficient (Wildman–Crippen LogP) is 3.90. The number of hydrogen-bond donors (Lipinski definition) is 1. The van der Waals surface area contributed by atoms with E-state index in [2.05, 4.69) is 15.8 Å². The molecule has 1 N–H and O–H groups in total. The molecule has 0 spiro atoms. The number of nitrogens with zero attached hydrogens (tertiary/aromatic N) is 2. The Hall–Kier alpha value is -1.84. The third-order valence-corrected chi connectivity index (χ3v) is 4.10. The summed E-state index contributed by atoms with van der Waals surface area (Å²) < 4.78 is 9.21. The van der Waals surface area contributed by atoms with Crippen molar-refractivity contribution < 1.29 is 9.53 Å². The van der Waals surface area contributed by atoms with Gasteiger partial charge >= 0.3 is 6.09 Å². The van der Waals surface area contributed by atoms with Gasteiger partial charge in [-0.3, -0.25) is 0 Å². The van der Waals surface area contributed by atoms with Crippen molar-refractivity contribution >= 4 is 34.8 Å². The second-order valence-corrected chi connectivity index (χ2v) is 6.93. The standard InChI is InChI=1S/C15H16ClN3O2S/c1-15(2,3)21-14(20)18-10-6-4-9(5-7-10)12-11(8-17)13(16)19-22-12/h4-6,10H,7H2,1-3H3,(H,18,20). The fourth-order valence-corrected chi connectivity index (χ4v) is 2.97. The minimum absolute atomic E-state index is 0.132. The lowest BCUT2D eigenvalue weighted by atomic mass is 10.0. The van der Waals surface area contributed by atoms with E-state index in [1.807, 2.05) is 39.0 Å². The van der Waals surface area contributed by atoms with E-state index >= 15 is 0 Å². The molecule has 7 heteroatoms. The van der Waals surface area contributed by atoms with Crippen LogP contribution < -0.4 is 5.32 Å². The number of ether oxygens (including phenoxy) is 1. The van der Waals surface area contributed by atoms with Crippen LogP contribution in [0.3, 0.4) is 0 Å². The minimum Gasteiger partial charge on any atom is -0.444 e. The smallest absolute Gasteiger partial charge is 0.408 e. The molecule has 1 aromatic rings. The van der Waals surface area contributed by atoms with Crippen LogP contribution in [0, 0.1) is 11.3 Å². The first kappa shape index (κ1) is 16.5. The molecule has 0 aliphatic heterocycles. The monoisotopic (exact) mass is 337 g/mol. The van der Waals surface area contributed by atoms with E-state index in [1.165, 1.54) is 11.5 Å². The average molecular weight is 338 g/mol. The summed E-state index contributed by atoms with van der Waals surface area (Å²) in [5.41, 5.74) is 0.758. The third-order valence-electron chi connectivity index (χ3n) is 2.83. The summed E-state index contributed by atoms with van der Waals surface area (Å²) in [5, 5.41) is 12.1. The van der Waals surface area contributed by atoms with Crippen LogP contribution in [-0.4, -0.2) is 22.1 Å². The van der Waals surface area contributed by atoms with Gasteiger partial charge in [0.05, 0.1) is 10.9 Å². The molecule has 22 heavy (non-hydrogen) atoms. The highest BCUT2D eigenvalue weighted by Gasteiger charge is 2.21. The largest absolute Gasteiger partial charge is 0.444 e. The van der Waals surface area contributed by atoms with E-state index in [-0.39, 0.29) is 11.2 Å². The molecule has 1 atom stereocenters. The molecule has 0 aromatic carbocycles. The Balaban J connectivity index is 2.01. The predicted molar refractivity (Wildman–Crippen MR) is 86.7 cm³/mol. The van der Waals surface area contributed by atoms with Crippen molar-refractivity contribution in [3.05, 3.63) is 33.8 Å².